The van der Waals surface area contributed by atoms with Crippen molar-refractivity contribution in [2.45, 2.75) is 98.8 Å². The van der Waals surface area contributed by atoms with Gasteiger partial charge in [-0.2, -0.15) is 0 Å². The van der Waals surface area contributed by atoms with Crippen LogP contribution in [-0.4, -0.2) is 11.6 Å². The second-order valence-electron chi connectivity index (χ2n) is 12.7. The lowest BCUT2D eigenvalue weighted by Gasteiger charge is -2.58. The first-order chi connectivity index (χ1) is 14.6. The fourth-order valence-electron chi connectivity index (χ4n) is 9.30. The fourth-order valence-corrected chi connectivity index (χ4v) is 9.30. The number of ketones is 2. The highest BCUT2D eigenvalue weighted by atomic mass is 16.2. The van der Waals surface area contributed by atoms with Crippen molar-refractivity contribution in [1.82, 2.24) is 0 Å². The number of Topliss-reactive ketones (excluding diaryl/α,β-unsaturated/α-hetero) is 2. The van der Waals surface area contributed by atoms with E-state index < -0.39 is 0 Å². The van der Waals surface area contributed by atoms with Gasteiger partial charge in [0.25, 0.3) is 0 Å². The van der Waals surface area contributed by atoms with Crippen LogP contribution in [0.5, 0.6) is 0 Å². The molecule has 170 valence electrons. The molecule has 0 saturated heterocycles. The molecule has 31 heavy (non-hydrogen) atoms. The fraction of sp³-hybridized carbons (Fsp3) is 0.793. The molecule has 5 aliphatic rings. The lowest BCUT2D eigenvalue weighted by molar-refractivity contribution is -0.145. The largest absolute Gasteiger partial charge is 0.291 e. The highest BCUT2D eigenvalue weighted by Crippen LogP contribution is 2.71. The minimum Gasteiger partial charge on any atom is -0.291 e. The molecule has 5 rings (SSSR count). The first kappa shape index (κ1) is 21.7. The number of rotatable bonds is 4. The molecule has 0 aromatic carbocycles. The van der Waals surface area contributed by atoms with Crippen molar-refractivity contribution in [2.24, 2.45) is 45.8 Å². The molecule has 0 unspecified atom stereocenters. The second kappa shape index (κ2) is 7.16. The highest BCUT2D eigenvalue weighted by molar-refractivity contribution is 6.41. The summed E-state index contributed by atoms with van der Waals surface area (Å²) < 4.78 is 0. The Labute approximate surface area is 189 Å². The average Bonchev–Trinajstić information content (AvgIpc) is 3.40. The van der Waals surface area contributed by atoms with Crippen LogP contribution in [0.25, 0.3) is 0 Å². The smallest absolute Gasteiger partial charge is 0.208 e. The predicted molar refractivity (Wildman–Crippen MR) is 125 cm³/mol. The molecule has 1 spiro atoms. The lowest BCUT2D eigenvalue weighted by Crippen LogP contribution is -2.54. The van der Waals surface area contributed by atoms with E-state index in [1.165, 1.54) is 49.7 Å². The number of hydrogen-bond acceptors (Lipinski definition) is 2. The highest BCUT2D eigenvalue weighted by Gasteiger charge is 2.67. The van der Waals surface area contributed by atoms with Crippen LogP contribution in [0.15, 0.2) is 23.3 Å². The van der Waals surface area contributed by atoms with Crippen molar-refractivity contribution in [3.05, 3.63) is 23.3 Å². The Balaban J connectivity index is 1.40. The van der Waals surface area contributed by atoms with Gasteiger partial charge in [0.1, 0.15) is 0 Å². The van der Waals surface area contributed by atoms with Crippen LogP contribution in [0, 0.1) is 45.8 Å². The van der Waals surface area contributed by atoms with Crippen LogP contribution >= 0.6 is 0 Å². The summed E-state index contributed by atoms with van der Waals surface area (Å²) in [6.45, 7) is 11.9. The molecule has 4 saturated carbocycles. The van der Waals surface area contributed by atoms with Gasteiger partial charge in [-0.25, -0.2) is 0 Å². The number of hydrogen-bond donors (Lipinski definition) is 0. The standard InChI is InChI=1S/C29H42O2/c1-18(2)7-6-8-19(3)21-10-11-22-20-9-12-25-28(5,23(20)13-14-27(21,22)4)17-24(30)26(31)29(25)15-16-29/h7,12,19-23H,6,8-11,13-17H2,1-5H3/t19-,20+,21-,22+,23+,27-,28-/m1/s1. The quantitative estimate of drug-likeness (QED) is 0.358. The molecule has 0 radical (unpaired) electrons. The van der Waals surface area contributed by atoms with Gasteiger partial charge in [-0.3, -0.25) is 9.59 Å². The van der Waals surface area contributed by atoms with E-state index in [-0.39, 0.29) is 22.4 Å². The van der Waals surface area contributed by atoms with Gasteiger partial charge in [-0.05, 0) is 112 Å². The Morgan fingerprint density at radius 3 is 2.52 bits per heavy atom. The number of carbonyl (C=O) groups excluding carboxylic acids is 2. The zero-order chi connectivity index (χ0) is 22.2. The molecule has 5 aliphatic carbocycles. The van der Waals surface area contributed by atoms with Gasteiger partial charge in [-0.1, -0.05) is 44.1 Å². The predicted octanol–water partition coefficient (Wildman–Crippen LogP) is 7.09. The third-order valence-corrected chi connectivity index (χ3v) is 10.9. The average molecular weight is 423 g/mol. The molecular formula is C29H42O2. The molecule has 0 N–H and O–H groups in total. The van der Waals surface area contributed by atoms with E-state index in [1.54, 1.807) is 0 Å². The summed E-state index contributed by atoms with van der Waals surface area (Å²) in [5.74, 6) is 3.60. The SMILES string of the molecule is CC(C)=CCC[C@@H](C)[C@H]1CC[C@H]2[C@@H]3CC=C4C5(CC5)C(=O)C(=O)C[C@]4(C)[C@H]3CC[C@]12C. The monoisotopic (exact) mass is 422 g/mol. The molecule has 0 aliphatic heterocycles. The summed E-state index contributed by atoms with van der Waals surface area (Å²) in [5, 5.41) is 0. The minimum absolute atomic E-state index is 0.0542. The maximum atomic E-state index is 12.8. The van der Waals surface area contributed by atoms with E-state index in [4.69, 9.17) is 0 Å². The molecule has 2 nitrogen and oxygen atoms in total. The molecule has 7 atom stereocenters. The summed E-state index contributed by atoms with van der Waals surface area (Å²) in [7, 11) is 0. The Morgan fingerprint density at radius 2 is 1.84 bits per heavy atom. The summed E-state index contributed by atoms with van der Waals surface area (Å²) in [4.78, 5) is 25.5. The maximum absolute atomic E-state index is 12.8. The molecule has 2 heteroatoms. The van der Waals surface area contributed by atoms with E-state index in [2.05, 4.69) is 46.8 Å². The van der Waals surface area contributed by atoms with Crippen molar-refractivity contribution in [3.8, 4) is 0 Å². The molecular weight excluding hydrogens is 380 g/mol. The Kier molecular flexibility index (Phi) is 5.00. The third kappa shape index (κ3) is 3.02. The normalized spacial score (nSPS) is 43.6. The van der Waals surface area contributed by atoms with Gasteiger partial charge < -0.3 is 0 Å². The molecule has 0 heterocycles. The number of fused-ring (bicyclic) bond motifs is 6. The zero-order valence-corrected chi connectivity index (χ0v) is 20.4. The van der Waals surface area contributed by atoms with Crippen LogP contribution in [0.3, 0.4) is 0 Å². The van der Waals surface area contributed by atoms with Crippen LogP contribution in [0.1, 0.15) is 98.8 Å². The molecule has 0 aromatic rings. The van der Waals surface area contributed by atoms with E-state index in [9.17, 15) is 9.59 Å². The zero-order valence-electron chi connectivity index (χ0n) is 20.4. The van der Waals surface area contributed by atoms with Crippen LogP contribution < -0.4 is 0 Å². The lowest BCUT2D eigenvalue weighted by atomic mass is 9.45. The Morgan fingerprint density at radius 1 is 1.10 bits per heavy atom. The van der Waals surface area contributed by atoms with Crippen molar-refractivity contribution in [2.75, 3.05) is 0 Å². The maximum Gasteiger partial charge on any atom is 0.208 e. The van der Waals surface area contributed by atoms with Gasteiger partial charge in [0.15, 0.2) is 5.78 Å². The van der Waals surface area contributed by atoms with Crippen LogP contribution in [0.2, 0.25) is 0 Å². The Bertz CT molecular complexity index is 854. The first-order valence-corrected chi connectivity index (χ1v) is 13.1. The van der Waals surface area contributed by atoms with Gasteiger partial charge in [-0.15, -0.1) is 0 Å². The number of allylic oxidation sites excluding steroid dienone is 4. The van der Waals surface area contributed by atoms with E-state index in [1.807, 2.05) is 0 Å². The Hall–Kier alpha value is -1.18. The molecule has 0 amide bonds. The summed E-state index contributed by atoms with van der Waals surface area (Å²) >= 11 is 0. The van der Waals surface area contributed by atoms with E-state index in [0.29, 0.717) is 23.7 Å². The summed E-state index contributed by atoms with van der Waals surface area (Å²) in [6.07, 6.45) is 16.2. The van der Waals surface area contributed by atoms with Gasteiger partial charge in [0.2, 0.25) is 5.78 Å². The van der Waals surface area contributed by atoms with E-state index >= 15 is 0 Å². The molecule has 0 aromatic heterocycles. The molecule has 0 bridgehead atoms. The van der Waals surface area contributed by atoms with E-state index in [0.717, 1.165) is 37.0 Å². The summed E-state index contributed by atoms with van der Waals surface area (Å²) in [5.41, 5.74) is 2.86. The van der Waals surface area contributed by atoms with Crippen molar-refractivity contribution < 1.29 is 9.59 Å². The minimum atomic E-state index is -0.368. The van der Waals surface area contributed by atoms with Crippen LogP contribution in [0.4, 0.5) is 0 Å². The van der Waals surface area contributed by atoms with Crippen molar-refractivity contribution in [1.29, 1.82) is 0 Å². The van der Waals surface area contributed by atoms with Gasteiger partial charge in [0, 0.05) is 6.42 Å². The topological polar surface area (TPSA) is 34.1 Å². The first-order valence-electron chi connectivity index (χ1n) is 13.1. The molecule has 4 fully saturated rings. The van der Waals surface area contributed by atoms with Crippen molar-refractivity contribution in [3.63, 3.8) is 0 Å². The number of carbonyl (C=O) groups is 2. The van der Waals surface area contributed by atoms with Gasteiger partial charge >= 0.3 is 0 Å². The van der Waals surface area contributed by atoms with Crippen LogP contribution in [-0.2, 0) is 9.59 Å². The van der Waals surface area contributed by atoms with Gasteiger partial charge in [0.05, 0.1) is 5.41 Å². The van der Waals surface area contributed by atoms with Crippen molar-refractivity contribution >= 4 is 11.6 Å². The summed E-state index contributed by atoms with van der Waals surface area (Å²) in [6, 6.07) is 0. The third-order valence-electron chi connectivity index (χ3n) is 10.9. The second-order valence-corrected chi connectivity index (χ2v) is 12.7.